The molecule has 2 spiro atoms. The van der Waals surface area contributed by atoms with Gasteiger partial charge in [0.25, 0.3) is 5.91 Å². The predicted octanol–water partition coefficient (Wildman–Crippen LogP) is 3.05. The van der Waals surface area contributed by atoms with Crippen molar-refractivity contribution in [1.29, 1.82) is 0 Å². The van der Waals surface area contributed by atoms with E-state index in [1.165, 1.54) is 0 Å². The van der Waals surface area contributed by atoms with Gasteiger partial charge in [-0.2, -0.15) is 13.2 Å². The van der Waals surface area contributed by atoms with Gasteiger partial charge in [-0.15, -0.1) is 0 Å². The van der Waals surface area contributed by atoms with Gasteiger partial charge in [0.15, 0.2) is 5.69 Å². The third-order valence-corrected chi connectivity index (χ3v) is 7.64. The lowest BCUT2D eigenvalue weighted by molar-refractivity contribution is -0.192. The molecule has 0 bridgehead atoms. The Balaban J connectivity index is 0.000000454. The zero-order chi connectivity index (χ0) is 26.9. The van der Waals surface area contributed by atoms with Crippen molar-refractivity contribution in [3.63, 3.8) is 0 Å². The number of carbonyl (C=O) groups excluding carboxylic acids is 2. The highest BCUT2D eigenvalue weighted by molar-refractivity contribution is 5.92. The molecule has 4 rings (SSSR count). The third kappa shape index (κ3) is 5.37. The first-order valence-corrected chi connectivity index (χ1v) is 12.3. The number of amides is 2. The number of hydrogen-bond acceptors (Lipinski definition) is 6. The van der Waals surface area contributed by atoms with E-state index in [1.807, 2.05) is 9.80 Å². The molecule has 3 aliphatic heterocycles. The first-order chi connectivity index (χ1) is 16.7. The van der Waals surface area contributed by atoms with Crippen LogP contribution in [-0.4, -0.2) is 94.7 Å². The number of nitrogens with zero attached hydrogens (tertiary/aromatic N) is 4. The number of halogens is 3. The zero-order valence-corrected chi connectivity index (χ0v) is 21.2. The minimum atomic E-state index is -5.08. The van der Waals surface area contributed by atoms with Gasteiger partial charge >= 0.3 is 12.1 Å². The van der Waals surface area contributed by atoms with Crippen molar-refractivity contribution >= 4 is 17.8 Å². The lowest BCUT2D eigenvalue weighted by Gasteiger charge is -2.47. The van der Waals surface area contributed by atoms with Crippen LogP contribution in [0, 0.1) is 23.7 Å². The molecule has 3 fully saturated rings. The molecule has 3 saturated heterocycles. The number of rotatable bonds is 4. The van der Waals surface area contributed by atoms with E-state index in [0.29, 0.717) is 36.4 Å². The predicted molar refractivity (Wildman–Crippen MR) is 123 cm³/mol. The molecule has 4 heterocycles. The summed E-state index contributed by atoms with van der Waals surface area (Å²) in [6.45, 7) is 14.3. The number of alkyl halides is 3. The minimum Gasteiger partial charge on any atom is -0.475 e. The molecule has 0 saturated carbocycles. The van der Waals surface area contributed by atoms with Crippen LogP contribution < -0.4 is 0 Å². The van der Waals surface area contributed by atoms with Gasteiger partial charge in [-0.1, -0.05) is 19.0 Å². The molecule has 0 aliphatic carbocycles. The molecular formula is C24H35F3N4O5. The molecule has 3 aliphatic rings. The van der Waals surface area contributed by atoms with Gasteiger partial charge in [0, 0.05) is 57.3 Å². The number of aromatic nitrogens is 1. The van der Waals surface area contributed by atoms with E-state index in [1.54, 1.807) is 13.0 Å². The first-order valence-electron chi connectivity index (χ1n) is 12.3. The Morgan fingerprint density at radius 3 is 2.22 bits per heavy atom. The van der Waals surface area contributed by atoms with E-state index >= 15 is 0 Å². The lowest BCUT2D eigenvalue weighted by atomic mass is 9.60. The molecule has 12 heteroatoms. The zero-order valence-electron chi connectivity index (χ0n) is 21.2. The molecule has 36 heavy (non-hydrogen) atoms. The monoisotopic (exact) mass is 516 g/mol. The maximum atomic E-state index is 13.5. The molecule has 0 aromatic carbocycles. The summed E-state index contributed by atoms with van der Waals surface area (Å²) in [6, 6.07) is 1.70. The molecule has 1 aromatic rings. The van der Waals surface area contributed by atoms with Gasteiger partial charge in [0.2, 0.25) is 5.91 Å². The van der Waals surface area contributed by atoms with E-state index in [-0.39, 0.29) is 16.7 Å². The minimum absolute atomic E-state index is 0.0284. The summed E-state index contributed by atoms with van der Waals surface area (Å²) in [4.78, 5) is 41.7. The summed E-state index contributed by atoms with van der Waals surface area (Å²) in [5.74, 6) is -1.24. The van der Waals surface area contributed by atoms with Crippen LogP contribution in [0.2, 0.25) is 0 Å². The summed E-state index contributed by atoms with van der Waals surface area (Å²) in [7, 11) is 0. The Morgan fingerprint density at radius 1 is 1.17 bits per heavy atom. The summed E-state index contributed by atoms with van der Waals surface area (Å²) in [6.07, 6.45) is -2.37. The van der Waals surface area contributed by atoms with E-state index < -0.39 is 12.1 Å². The fourth-order valence-electron chi connectivity index (χ4n) is 6.01. The van der Waals surface area contributed by atoms with Crippen LogP contribution in [0.5, 0.6) is 0 Å². The fourth-order valence-corrected chi connectivity index (χ4v) is 6.01. The van der Waals surface area contributed by atoms with Gasteiger partial charge in [-0.05, 0) is 39.0 Å². The van der Waals surface area contributed by atoms with Crippen LogP contribution >= 0.6 is 0 Å². The second-order valence-corrected chi connectivity index (χ2v) is 10.5. The van der Waals surface area contributed by atoms with Gasteiger partial charge < -0.3 is 24.3 Å². The molecule has 9 nitrogen and oxygen atoms in total. The van der Waals surface area contributed by atoms with Crippen LogP contribution in [0.4, 0.5) is 13.2 Å². The highest BCUT2D eigenvalue weighted by atomic mass is 19.4. The molecule has 202 valence electrons. The molecule has 1 atom stereocenters. The maximum absolute atomic E-state index is 13.5. The van der Waals surface area contributed by atoms with Crippen LogP contribution in [0.15, 0.2) is 10.6 Å². The van der Waals surface area contributed by atoms with Crippen molar-refractivity contribution in [2.45, 2.75) is 53.1 Å². The van der Waals surface area contributed by atoms with Crippen LogP contribution in [0.3, 0.4) is 0 Å². The van der Waals surface area contributed by atoms with Crippen molar-refractivity contribution in [2.24, 2.45) is 16.7 Å². The number of fused-ring (bicyclic) bond motifs is 1. The van der Waals surface area contributed by atoms with Gasteiger partial charge in [-0.3, -0.25) is 9.59 Å². The van der Waals surface area contributed by atoms with E-state index in [9.17, 15) is 22.8 Å². The van der Waals surface area contributed by atoms with Crippen LogP contribution in [-0.2, 0) is 9.59 Å². The van der Waals surface area contributed by atoms with Crippen molar-refractivity contribution in [3.05, 3.63) is 17.5 Å². The van der Waals surface area contributed by atoms with Crippen molar-refractivity contribution in [3.8, 4) is 0 Å². The molecule has 0 radical (unpaired) electrons. The van der Waals surface area contributed by atoms with Crippen molar-refractivity contribution in [1.82, 2.24) is 19.9 Å². The molecular weight excluding hydrogens is 481 g/mol. The normalized spacial score (nSPS) is 24.1. The Kier molecular flexibility index (Phi) is 8.07. The summed E-state index contributed by atoms with van der Waals surface area (Å²) >= 11 is 0. The van der Waals surface area contributed by atoms with Gasteiger partial charge in [0.1, 0.15) is 5.76 Å². The van der Waals surface area contributed by atoms with Crippen LogP contribution in [0.25, 0.3) is 0 Å². The average molecular weight is 517 g/mol. The number of aliphatic carboxylic acids is 1. The molecule has 1 N–H and O–H groups in total. The summed E-state index contributed by atoms with van der Waals surface area (Å²) < 4.78 is 36.8. The Bertz CT molecular complexity index is 971. The SMILES string of the molecule is CCN1CCC2(CN(CC(C)C)CC23CCN(C(=O)c2cc(C)on2)CC3)C1=O.O=C(O)C(F)(F)F. The van der Waals surface area contributed by atoms with Crippen molar-refractivity contribution < 1.29 is 37.2 Å². The molecule has 2 amide bonds. The fraction of sp³-hybridized carbons (Fsp3) is 0.750. The Morgan fingerprint density at radius 2 is 1.78 bits per heavy atom. The number of carboxylic acid groups (broad SMARTS) is 1. The summed E-state index contributed by atoms with van der Waals surface area (Å²) in [5, 5.41) is 11.0. The number of hydrogen-bond donors (Lipinski definition) is 1. The van der Waals surface area contributed by atoms with Crippen molar-refractivity contribution in [2.75, 3.05) is 45.8 Å². The molecule has 1 aromatic heterocycles. The third-order valence-electron chi connectivity index (χ3n) is 7.64. The highest BCUT2D eigenvalue weighted by Gasteiger charge is 2.65. The van der Waals surface area contributed by atoms with E-state index in [0.717, 1.165) is 52.0 Å². The Labute approximate surface area is 208 Å². The number of likely N-dealkylation sites (tertiary alicyclic amines) is 3. The number of aryl methyl sites for hydroxylation is 1. The standard InChI is InChI=1S/C22H34N4O3.C2HF3O2/c1-5-25-11-8-22(20(25)28)15-24(13-16(2)3)14-21(22)6-9-26(10-7-21)19(27)18-12-17(4)29-23-18;3-2(4,5)1(6)7/h12,16H,5-11,13-15H2,1-4H3;(H,6,7). The van der Waals surface area contributed by atoms with E-state index in [4.69, 9.17) is 14.4 Å². The smallest absolute Gasteiger partial charge is 0.475 e. The quantitative estimate of drug-likeness (QED) is 0.656. The summed E-state index contributed by atoms with van der Waals surface area (Å²) in [5.41, 5.74) is 0.0758. The lowest BCUT2D eigenvalue weighted by Crippen LogP contribution is -2.53. The van der Waals surface area contributed by atoms with Gasteiger partial charge in [-0.25, -0.2) is 4.79 Å². The number of piperidine rings is 1. The number of carbonyl (C=O) groups is 3. The van der Waals surface area contributed by atoms with Crippen LogP contribution in [0.1, 0.15) is 56.3 Å². The maximum Gasteiger partial charge on any atom is 0.490 e. The first kappa shape index (κ1) is 27.9. The number of carboxylic acids is 1. The largest absolute Gasteiger partial charge is 0.490 e. The second-order valence-electron chi connectivity index (χ2n) is 10.5. The highest BCUT2D eigenvalue weighted by Crippen LogP contribution is 2.58. The second kappa shape index (κ2) is 10.4. The topological polar surface area (TPSA) is 107 Å². The molecule has 1 unspecified atom stereocenters. The Hall–Kier alpha value is -2.63. The average Bonchev–Trinajstić information content (AvgIpc) is 3.45. The van der Waals surface area contributed by atoms with Gasteiger partial charge in [0.05, 0.1) is 5.41 Å². The van der Waals surface area contributed by atoms with E-state index in [2.05, 4.69) is 30.8 Å².